The predicted molar refractivity (Wildman–Crippen MR) is 475 cm³/mol. The van der Waals surface area contributed by atoms with Crippen LogP contribution in [0.15, 0.2) is 138 Å². The third-order valence-corrected chi connectivity index (χ3v) is 23.9. The molecule has 0 N–H and O–H groups in total. The van der Waals surface area contributed by atoms with Gasteiger partial charge in [-0.3, -0.25) is 0 Å². The maximum atomic E-state index is 14.3. The van der Waals surface area contributed by atoms with Crippen LogP contribution in [0, 0.1) is 85.9 Å². The van der Waals surface area contributed by atoms with Gasteiger partial charge in [0.1, 0.15) is 83.1 Å². The predicted octanol–water partition coefficient (Wildman–Crippen LogP) is 9.10. The summed E-state index contributed by atoms with van der Waals surface area (Å²) in [5, 5.41) is 56.9. The van der Waals surface area contributed by atoms with Gasteiger partial charge in [-0.15, -0.1) is 37.2 Å². The number of thiazole rings is 6. The number of hydrogen-bond donors (Lipinski definition) is 0. The molecular formula is C79H64BrClF6N30O12S6Y6-6. The van der Waals surface area contributed by atoms with Gasteiger partial charge in [0, 0.05) is 300 Å². The van der Waals surface area contributed by atoms with Crippen molar-refractivity contribution in [2.75, 3.05) is 0 Å². The zero-order valence-electron chi connectivity index (χ0n) is 74.6. The van der Waals surface area contributed by atoms with Crippen molar-refractivity contribution < 1.29 is 251 Å². The molecule has 12 heterocycles. The third kappa shape index (κ3) is 29.8. The molecule has 0 aliphatic heterocycles. The molecule has 0 bridgehead atoms. The van der Waals surface area contributed by atoms with E-state index in [0.717, 1.165) is 97.3 Å². The number of rotatable bonds is 26. The van der Waals surface area contributed by atoms with E-state index in [1.807, 2.05) is 6.92 Å². The monoisotopic (exact) mass is 2580 g/mol. The molecule has 62 heteroatoms. The first-order chi connectivity index (χ1) is 65.0. The Morgan fingerprint density at radius 2 is 0.631 bits per heavy atom. The van der Waals surface area contributed by atoms with E-state index >= 15 is 0 Å². The normalized spacial score (nSPS) is 11.0. The van der Waals surface area contributed by atoms with Crippen LogP contribution in [-0.2, 0) is 285 Å². The fourth-order valence-electron chi connectivity index (χ4n) is 12.3. The molecule has 12 aromatic heterocycles. The second-order valence-electron chi connectivity index (χ2n) is 27.8. The van der Waals surface area contributed by atoms with Gasteiger partial charge in [-0.2, -0.15) is 56.2 Å². The van der Waals surface area contributed by atoms with Crippen LogP contribution in [0.3, 0.4) is 0 Å². The molecule has 1 fully saturated rings. The summed E-state index contributed by atoms with van der Waals surface area (Å²) in [5.74, 6) is -2.86. The Morgan fingerprint density at radius 3 is 0.972 bits per heavy atom. The second-order valence-corrected chi connectivity index (χ2v) is 34.0. The summed E-state index contributed by atoms with van der Waals surface area (Å²) in [5.41, 5.74) is 4.15. The molecule has 6 radical (unpaired) electrons. The van der Waals surface area contributed by atoms with Crippen LogP contribution in [0.1, 0.15) is 81.3 Å². The Balaban J connectivity index is 0.000000205. The van der Waals surface area contributed by atoms with Gasteiger partial charge in [-0.25, -0.2) is 123 Å². The fraction of sp³-hybridized carbons (Fsp3) is 0.241. The van der Waals surface area contributed by atoms with Crippen molar-refractivity contribution in [2.45, 2.75) is 85.6 Å². The molecule has 141 heavy (non-hydrogen) atoms. The molecule has 0 amide bonds. The number of ether oxygens (including phenoxy) is 6. The smallest absolute Gasteiger partial charge is 0.368 e. The van der Waals surface area contributed by atoms with Crippen LogP contribution in [-0.4, -0.2) is 149 Å². The standard InChI is InChI=1S/C15H13FN5O2S.C14H13FN5O2S.2C13H11FN5O2S.C12H8BrFN5O2S.C12H8ClFN5O2S.6Y/c1-20-15(22)21(19-18-20)13-7-10(16)6-11(9-2-3-9)12(13)8-23-14-17-4-5-24-14;1-3-9-6-10(15)7-12(20-14(21)19(2)17-18-20)11(9)8-22-13-16-4-5-23-13;1-8-5-9(14)6-11(19-13(20)18(2)16-17-19)10(8)7-21-12-15-3-4-22-12;1-8-3-4-10(14)11(19-13(20)18(2)16-17-19)9(8)7-21-12-15-5-6-22-12;2*1-18-12(20)19(17-16-18)10-7(8(13)2-3-9(10)14)6-21-11-15-4-5-22-11;;;;;;/h5-7,9H,2-3,8H2,1H3;5-7H,3,8H2,1-2H3;4-6H,7H2,1-2H3;3-4,6H,7H2,1-2H3;2*2-3,5H,6H2,1H3;;;;;;/q6*-1;;;;;;. The van der Waals surface area contributed by atoms with E-state index < -0.39 is 69.0 Å². The molecule has 718 valence electrons. The third-order valence-electron chi connectivity index (χ3n) is 19.0. The minimum absolute atomic E-state index is 0. The summed E-state index contributed by atoms with van der Waals surface area (Å²) < 4.78 is 130. The first kappa shape index (κ1) is 118. The number of hydrogen-bond acceptors (Lipinski definition) is 36. The minimum atomic E-state index is -0.656. The van der Waals surface area contributed by atoms with Gasteiger partial charge in [0.15, 0.2) is 0 Å². The van der Waals surface area contributed by atoms with Crippen molar-refractivity contribution in [2.24, 2.45) is 42.3 Å². The quantitative estimate of drug-likeness (QED) is 0.0360. The number of nitrogens with zero attached hydrogens (tertiary/aromatic N) is 30. The Kier molecular flexibility index (Phi) is 46.6. The first-order valence-electron chi connectivity index (χ1n) is 38.8. The van der Waals surface area contributed by atoms with Crippen molar-refractivity contribution in [1.82, 2.24) is 149 Å². The SMILES string of the molecule is CCc1cc(F)cc(-n2nnn(C)c2=O)c1COc1n[c-]cs1.Cc1cc(F)cc(-n2nnn(C)c2=O)c1COc1n[c-]cs1.Cc1ccc(F)c(-n2nnn(C)c2=O)c1COc1n[c-]cs1.Cn1nnn(-c2c(F)ccc(Br)c2COc2n[c-]cs2)c1=O.Cn1nnn(-c2c(F)ccc(Cl)c2COc2n[c-]cs2)c1=O.Cn1nnn(-c2cc(F)cc(C3CC3)c2COc2n[c-]cs2)c1=O.[Y].[Y].[Y].[Y].[Y].[Y]. The molecule has 42 nitrogen and oxygen atoms in total. The van der Waals surface area contributed by atoms with Gasteiger partial charge < -0.3 is 58.3 Å². The number of aryl methyl sites for hydroxylation is 9. The summed E-state index contributed by atoms with van der Waals surface area (Å²) in [7, 11) is 8.74. The van der Waals surface area contributed by atoms with Crippen molar-refractivity contribution in [3.8, 4) is 65.3 Å². The van der Waals surface area contributed by atoms with Crippen molar-refractivity contribution in [3.05, 3.63) is 305 Å². The van der Waals surface area contributed by atoms with Crippen LogP contribution < -0.4 is 62.6 Å². The zero-order valence-corrected chi connectivity index (χ0v) is 98.9. The van der Waals surface area contributed by atoms with Gasteiger partial charge in [0.2, 0.25) is 0 Å². The maximum absolute atomic E-state index is 14.3. The van der Waals surface area contributed by atoms with E-state index in [1.54, 1.807) is 52.2 Å². The van der Waals surface area contributed by atoms with Crippen LogP contribution in [0.25, 0.3) is 34.1 Å². The number of tetrazole rings is 6. The van der Waals surface area contributed by atoms with Gasteiger partial charge in [0.25, 0.3) is 0 Å². The largest absolute Gasteiger partial charge is 0.550 e. The summed E-state index contributed by atoms with van der Waals surface area (Å²) in [6.07, 6.45) is 18.5. The first-order valence-corrected chi connectivity index (χ1v) is 45.2. The summed E-state index contributed by atoms with van der Waals surface area (Å²) in [4.78, 5) is 95.6. The Labute approximate surface area is 980 Å². The molecular weight excluding hydrogens is 2520 g/mol. The van der Waals surface area contributed by atoms with E-state index in [1.165, 1.54) is 171 Å². The number of benzene rings is 6. The molecule has 0 saturated heterocycles. The van der Waals surface area contributed by atoms with E-state index in [9.17, 15) is 55.1 Å². The topological polar surface area (TPSA) is 449 Å². The molecule has 18 aromatic rings. The van der Waals surface area contributed by atoms with Crippen molar-refractivity contribution in [1.29, 1.82) is 0 Å². The summed E-state index contributed by atoms with van der Waals surface area (Å²) in [6, 6.07) is 16.3. The van der Waals surface area contributed by atoms with Crippen molar-refractivity contribution >= 4 is 95.6 Å². The van der Waals surface area contributed by atoms with Crippen LogP contribution in [0.5, 0.6) is 31.2 Å². The Hall–Kier alpha value is -7.91. The molecule has 0 unspecified atom stereocenters. The maximum Gasteiger partial charge on any atom is 0.368 e. The van der Waals surface area contributed by atoms with E-state index in [0.29, 0.717) is 86.9 Å². The van der Waals surface area contributed by atoms with Crippen LogP contribution >= 0.6 is 95.6 Å². The van der Waals surface area contributed by atoms with Gasteiger partial charge in [0.05, 0.1) is 56.7 Å². The van der Waals surface area contributed by atoms with Crippen LogP contribution in [0.4, 0.5) is 26.3 Å². The molecule has 1 saturated carbocycles. The minimum Gasteiger partial charge on any atom is -0.550 e. The summed E-state index contributed by atoms with van der Waals surface area (Å²) in [6.45, 7) is 5.88. The average molecular weight is 2580 g/mol. The van der Waals surface area contributed by atoms with Gasteiger partial charge >= 0.3 is 34.1 Å². The number of aromatic nitrogens is 30. The Morgan fingerprint density at radius 1 is 0.348 bits per heavy atom. The van der Waals surface area contributed by atoms with E-state index in [4.69, 9.17) is 40.0 Å². The molecule has 1 aliphatic rings. The fourth-order valence-corrected chi connectivity index (χ4v) is 15.6. The van der Waals surface area contributed by atoms with Crippen molar-refractivity contribution in [3.63, 3.8) is 0 Å². The zero-order chi connectivity index (χ0) is 95.8. The van der Waals surface area contributed by atoms with Gasteiger partial charge in [-0.05, 0) is 172 Å². The molecule has 19 rings (SSSR count). The second kappa shape index (κ2) is 55.6. The average Bonchev–Trinajstić information content (AvgIpc) is 1.63. The van der Waals surface area contributed by atoms with Crippen LogP contribution in [0.2, 0.25) is 5.02 Å². The molecule has 6 aromatic carbocycles. The van der Waals surface area contributed by atoms with Gasteiger partial charge in [-0.1, -0.05) is 72.8 Å². The Bertz CT molecular complexity index is 7200. The number of halogens is 8. The summed E-state index contributed by atoms with van der Waals surface area (Å²) >= 11 is 17.1. The molecule has 0 atom stereocenters. The van der Waals surface area contributed by atoms with E-state index in [-0.39, 0.29) is 269 Å². The molecule has 0 spiro atoms. The van der Waals surface area contributed by atoms with E-state index in [2.05, 4.69) is 146 Å². The molecule has 1 aliphatic carbocycles.